The van der Waals surface area contributed by atoms with Crippen molar-refractivity contribution >= 4 is 5.97 Å². The lowest BCUT2D eigenvalue weighted by atomic mass is 9.72. The number of hydrogen-bond acceptors (Lipinski definition) is 2. The lowest BCUT2D eigenvalue weighted by Crippen LogP contribution is -2.53. The van der Waals surface area contributed by atoms with Crippen LogP contribution in [0.25, 0.3) is 0 Å². The van der Waals surface area contributed by atoms with E-state index in [1.54, 1.807) is 7.05 Å². The van der Waals surface area contributed by atoms with E-state index >= 15 is 0 Å². The SMILES string of the molecule is CCc1ccc(C2(C(=O)O)CC[N+](C)([O-])CC2)cc1. The molecule has 2 rings (SSSR count). The Labute approximate surface area is 113 Å². The van der Waals surface area contributed by atoms with Crippen molar-refractivity contribution < 1.29 is 14.5 Å². The molecule has 0 atom stereocenters. The first-order valence-electron chi connectivity index (χ1n) is 6.78. The third-order valence-electron chi connectivity index (χ3n) is 4.35. The van der Waals surface area contributed by atoms with Crippen molar-refractivity contribution in [1.82, 2.24) is 0 Å². The van der Waals surface area contributed by atoms with Gasteiger partial charge in [-0.15, -0.1) is 0 Å². The molecule has 0 bridgehead atoms. The summed E-state index contributed by atoms with van der Waals surface area (Å²) in [6, 6.07) is 7.79. The molecule has 1 aromatic carbocycles. The van der Waals surface area contributed by atoms with Crippen LogP contribution in [0.5, 0.6) is 0 Å². The molecular weight excluding hydrogens is 242 g/mol. The number of carboxylic acids is 1. The number of benzene rings is 1. The molecule has 104 valence electrons. The van der Waals surface area contributed by atoms with E-state index in [0.29, 0.717) is 25.9 Å². The van der Waals surface area contributed by atoms with Gasteiger partial charge in [-0.25, -0.2) is 0 Å². The van der Waals surface area contributed by atoms with Crippen LogP contribution in [0.4, 0.5) is 0 Å². The number of piperidine rings is 1. The number of likely N-dealkylation sites (tertiary alicyclic amines) is 1. The zero-order chi connectivity index (χ0) is 14.1. The summed E-state index contributed by atoms with van der Waals surface area (Å²) in [6.45, 7) is 2.80. The van der Waals surface area contributed by atoms with Crippen LogP contribution in [0, 0.1) is 5.21 Å². The Bertz CT molecular complexity index is 455. The highest BCUT2D eigenvalue weighted by Crippen LogP contribution is 2.37. The van der Waals surface area contributed by atoms with Crippen LogP contribution in [0.1, 0.15) is 30.9 Å². The van der Waals surface area contributed by atoms with Gasteiger partial charge in [-0.2, -0.15) is 0 Å². The Balaban J connectivity index is 2.32. The maximum atomic E-state index is 11.9. The minimum absolute atomic E-state index is 0.331. The van der Waals surface area contributed by atoms with Gasteiger partial charge < -0.3 is 15.0 Å². The minimum atomic E-state index is -0.881. The number of hydrogen-bond donors (Lipinski definition) is 1. The first-order chi connectivity index (χ1) is 8.89. The van der Waals surface area contributed by atoms with E-state index in [2.05, 4.69) is 6.92 Å². The molecule has 19 heavy (non-hydrogen) atoms. The molecule has 0 amide bonds. The van der Waals surface area contributed by atoms with Crippen molar-refractivity contribution in [3.63, 3.8) is 0 Å². The quantitative estimate of drug-likeness (QED) is 0.672. The number of hydroxylamine groups is 3. The summed E-state index contributed by atoms with van der Waals surface area (Å²) in [6.07, 6.45) is 1.76. The number of carboxylic acid groups (broad SMARTS) is 1. The number of quaternary nitrogens is 1. The van der Waals surface area contributed by atoms with Gasteiger partial charge >= 0.3 is 5.97 Å². The fourth-order valence-corrected chi connectivity index (χ4v) is 2.78. The molecule has 4 nitrogen and oxygen atoms in total. The molecule has 1 heterocycles. The van der Waals surface area contributed by atoms with Crippen LogP contribution < -0.4 is 0 Å². The second-order valence-corrected chi connectivity index (χ2v) is 5.68. The highest BCUT2D eigenvalue weighted by Gasteiger charge is 2.45. The number of nitrogens with zero attached hydrogens (tertiary/aromatic N) is 1. The lowest BCUT2D eigenvalue weighted by Gasteiger charge is -2.47. The maximum Gasteiger partial charge on any atom is 0.314 e. The molecule has 1 aliphatic rings. The van der Waals surface area contributed by atoms with Crippen LogP contribution in [0.2, 0.25) is 0 Å². The predicted molar refractivity (Wildman–Crippen MR) is 73.7 cm³/mol. The van der Waals surface area contributed by atoms with Crippen LogP contribution in [0.3, 0.4) is 0 Å². The van der Waals surface area contributed by atoms with Gasteiger partial charge in [-0.1, -0.05) is 31.2 Å². The Kier molecular flexibility index (Phi) is 3.65. The normalized spacial score (nSPS) is 31.1. The molecule has 0 aromatic heterocycles. The van der Waals surface area contributed by atoms with Gasteiger partial charge in [0.15, 0.2) is 0 Å². The summed E-state index contributed by atoms with van der Waals surface area (Å²) in [7, 11) is 1.62. The average Bonchev–Trinajstić information content (AvgIpc) is 2.39. The van der Waals surface area contributed by atoms with E-state index in [1.165, 1.54) is 5.56 Å². The van der Waals surface area contributed by atoms with Crippen LogP contribution >= 0.6 is 0 Å². The summed E-state index contributed by atoms with van der Waals surface area (Å²) in [5.74, 6) is -0.809. The fraction of sp³-hybridized carbons (Fsp3) is 0.533. The predicted octanol–water partition coefficient (Wildman–Crippen LogP) is 2.31. The zero-order valence-corrected chi connectivity index (χ0v) is 11.6. The van der Waals surface area contributed by atoms with Gasteiger partial charge in [-0.05, 0) is 17.5 Å². The standard InChI is InChI=1S/C15H21NO3/c1-3-12-4-6-13(7-5-12)15(14(17)18)8-10-16(2,19)11-9-15/h4-7H,3,8-11H2,1-2H3,(H,17,18). The largest absolute Gasteiger partial charge is 0.633 e. The lowest BCUT2D eigenvalue weighted by molar-refractivity contribution is -0.867. The monoisotopic (exact) mass is 263 g/mol. The molecule has 0 saturated carbocycles. The van der Waals surface area contributed by atoms with Crippen molar-refractivity contribution in [2.75, 3.05) is 20.1 Å². The van der Waals surface area contributed by atoms with E-state index in [9.17, 15) is 15.1 Å². The molecular formula is C15H21NO3. The molecule has 0 aliphatic carbocycles. The summed E-state index contributed by atoms with van der Waals surface area (Å²) < 4.78 is -0.331. The molecule has 1 saturated heterocycles. The van der Waals surface area contributed by atoms with Crippen molar-refractivity contribution in [2.24, 2.45) is 0 Å². The van der Waals surface area contributed by atoms with Crippen LogP contribution in [-0.2, 0) is 16.6 Å². The highest BCUT2D eigenvalue weighted by molar-refractivity contribution is 5.81. The Morgan fingerprint density at radius 3 is 2.26 bits per heavy atom. The smallest absolute Gasteiger partial charge is 0.314 e. The number of carbonyl (C=O) groups is 1. The Morgan fingerprint density at radius 1 is 1.32 bits per heavy atom. The summed E-state index contributed by atoms with van der Waals surface area (Å²) >= 11 is 0. The first-order valence-corrected chi connectivity index (χ1v) is 6.78. The van der Waals surface area contributed by atoms with Gasteiger partial charge in [0.25, 0.3) is 0 Å². The minimum Gasteiger partial charge on any atom is -0.633 e. The molecule has 0 unspecified atom stereocenters. The van der Waals surface area contributed by atoms with E-state index < -0.39 is 11.4 Å². The fourth-order valence-electron chi connectivity index (χ4n) is 2.78. The van der Waals surface area contributed by atoms with Crippen molar-refractivity contribution in [2.45, 2.75) is 31.6 Å². The topological polar surface area (TPSA) is 60.4 Å². The molecule has 0 spiro atoms. The number of aryl methyl sites for hydroxylation is 1. The van der Waals surface area contributed by atoms with Crippen LogP contribution in [-0.4, -0.2) is 35.9 Å². The zero-order valence-electron chi connectivity index (χ0n) is 11.6. The van der Waals surface area contributed by atoms with Gasteiger partial charge in [0.1, 0.15) is 5.41 Å². The van der Waals surface area contributed by atoms with Crippen LogP contribution in [0.15, 0.2) is 24.3 Å². The highest BCUT2D eigenvalue weighted by atomic mass is 16.5. The Morgan fingerprint density at radius 2 is 1.84 bits per heavy atom. The van der Waals surface area contributed by atoms with Gasteiger partial charge in [0.05, 0.1) is 20.1 Å². The van der Waals surface area contributed by atoms with Crippen molar-refractivity contribution in [1.29, 1.82) is 0 Å². The molecule has 4 heteroatoms. The van der Waals surface area contributed by atoms with Gasteiger partial charge in [-0.3, -0.25) is 4.79 Å². The molecule has 1 aliphatic heterocycles. The van der Waals surface area contributed by atoms with Crippen molar-refractivity contribution in [3.8, 4) is 0 Å². The summed E-state index contributed by atoms with van der Waals surface area (Å²) in [4.78, 5) is 11.7. The number of rotatable bonds is 3. The van der Waals surface area contributed by atoms with E-state index in [1.807, 2.05) is 24.3 Å². The first kappa shape index (κ1) is 14.0. The van der Waals surface area contributed by atoms with Gasteiger partial charge in [0.2, 0.25) is 0 Å². The molecule has 1 fully saturated rings. The van der Waals surface area contributed by atoms with E-state index in [4.69, 9.17) is 0 Å². The summed E-state index contributed by atoms with van der Waals surface area (Å²) in [5.41, 5.74) is 1.15. The molecule has 0 radical (unpaired) electrons. The molecule has 1 N–H and O–H groups in total. The van der Waals surface area contributed by atoms with E-state index in [0.717, 1.165) is 12.0 Å². The van der Waals surface area contributed by atoms with E-state index in [-0.39, 0.29) is 4.65 Å². The third-order valence-corrected chi connectivity index (χ3v) is 4.35. The Hall–Kier alpha value is -1.39. The summed E-state index contributed by atoms with van der Waals surface area (Å²) in [5, 5.41) is 21.5. The second kappa shape index (κ2) is 4.94. The second-order valence-electron chi connectivity index (χ2n) is 5.68. The van der Waals surface area contributed by atoms with Gasteiger partial charge in [0, 0.05) is 12.8 Å². The molecule has 1 aromatic rings. The number of aliphatic carboxylic acids is 1. The van der Waals surface area contributed by atoms with Crippen molar-refractivity contribution in [3.05, 3.63) is 40.6 Å². The average molecular weight is 263 g/mol. The maximum absolute atomic E-state index is 11.9. The third kappa shape index (κ3) is 2.65.